The molecule has 1 N–H and O–H groups in total. The van der Waals surface area contributed by atoms with Gasteiger partial charge in [-0.25, -0.2) is 0 Å². The molecule has 1 fully saturated rings. The Labute approximate surface area is 124 Å². The fraction of sp³-hybridized carbons (Fsp3) is 0.600. The second-order valence-corrected chi connectivity index (χ2v) is 5.94. The molecule has 5 heteroatoms. The second kappa shape index (κ2) is 6.99. The molecule has 0 spiro atoms. The maximum absolute atomic E-state index is 12.3. The van der Waals surface area contributed by atoms with E-state index in [1.165, 1.54) is 10.5 Å². The maximum Gasteiger partial charge on any atom is 0.247 e. The Balaban J connectivity index is 1.87. The van der Waals surface area contributed by atoms with Crippen molar-refractivity contribution in [3.63, 3.8) is 0 Å². The molecule has 1 atom stereocenters. The molecule has 4 nitrogen and oxygen atoms in total. The molecule has 0 radical (unpaired) electrons. The Morgan fingerprint density at radius 2 is 2.15 bits per heavy atom. The molecule has 1 saturated heterocycles. The molecular formula is C15H22N2O2S. The average Bonchev–Trinajstić information content (AvgIpc) is 3.04. The van der Waals surface area contributed by atoms with Crippen molar-refractivity contribution in [1.29, 1.82) is 0 Å². The Morgan fingerprint density at radius 3 is 2.75 bits per heavy atom. The van der Waals surface area contributed by atoms with Crippen LogP contribution in [0.2, 0.25) is 0 Å². The van der Waals surface area contributed by atoms with Gasteiger partial charge in [0.1, 0.15) is 0 Å². The molecule has 2 amide bonds. The van der Waals surface area contributed by atoms with Gasteiger partial charge in [0, 0.05) is 6.04 Å². The summed E-state index contributed by atoms with van der Waals surface area (Å²) in [5.41, 5.74) is 1.27. The van der Waals surface area contributed by atoms with Gasteiger partial charge in [0.05, 0.1) is 12.5 Å². The van der Waals surface area contributed by atoms with Crippen LogP contribution in [0.3, 0.4) is 0 Å². The SMILES string of the molecule is CCC(CC)N1C(=O)CC(NCCc2ccsc2)C1=O. The summed E-state index contributed by atoms with van der Waals surface area (Å²) in [6, 6.07) is 1.81. The first-order valence-corrected chi connectivity index (χ1v) is 8.22. The van der Waals surface area contributed by atoms with E-state index in [4.69, 9.17) is 0 Å². The Kier molecular flexibility index (Phi) is 5.31. The van der Waals surface area contributed by atoms with Crippen molar-refractivity contribution in [2.45, 2.75) is 51.6 Å². The summed E-state index contributed by atoms with van der Waals surface area (Å²) in [5, 5.41) is 7.39. The van der Waals surface area contributed by atoms with Gasteiger partial charge >= 0.3 is 0 Å². The highest BCUT2D eigenvalue weighted by molar-refractivity contribution is 7.07. The molecule has 1 aromatic rings. The van der Waals surface area contributed by atoms with E-state index in [0.717, 1.165) is 25.8 Å². The Bertz CT molecular complexity index is 454. The van der Waals surface area contributed by atoms with Crippen molar-refractivity contribution in [2.24, 2.45) is 0 Å². The monoisotopic (exact) mass is 294 g/mol. The van der Waals surface area contributed by atoms with Crippen LogP contribution in [-0.4, -0.2) is 35.3 Å². The number of nitrogens with zero attached hydrogens (tertiary/aromatic N) is 1. The van der Waals surface area contributed by atoms with Gasteiger partial charge in [-0.15, -0.1) is 0 Å². The summed E-state index contributed by atoms with van der Waals surface area (Å²) >= 11 is 1.68. The van der Waals surface area contributed by atoms with E-state index in [-0.39, 0.29) is 23.9 Å². The number of rotatable bonds is 7. The quantitative estimate of drug-likeness (QED) is 0.784. The lowest BCUT2D eigenvalue weighted by Crippen LogP contribution is -2.44. The van der Waals surface area contributed by atoms with Crippen molar-refractivity contribution in [1.82, 2.24) is 10.2 Å². The highest BCUT2D eigenvalue weighted by atomic mass is 32.1. The summed E-state index contributed by atoms with van der Waals surface area (Å²) in [7, 11) is 0. The van der Waals surface area contributed by atoms with Crippen molar-refractivity contribution in [2.75, 3.05) is 6.54 Å². The van der Waals surface area contributed by atoms with Crippen LogP contribution in [0.1, 0.15) is 38.7 Å². The molecule has 20 heavy (non-hydrogen) atoms. The molecule has 0 aliphatic carbocycles. The smallest absolute Gasteiger partial charge is 0.247 e. The number of imide groups is 1. The highest BCUT2D eigenvalue weighted by Gasteiger charge is 2.40. The summed E-state index contributed by atoms with van der Waals surface area (Å²) in [4.78, 5) is 25.8. The van der Waals surface area contributed by atoms with E-state index in [0.29, 0.717) is 6.42 Å². The first kappa shape index (κ1) is 15.2. The molecule has 1 aromatic heterocycles. The van der Waals surface area contributed by atoms with Crippen molar-refractivity contribution in [3.05, 3.63) is 22.4 Å². The molecule has 0 aromatic carbocycles. The highest BCUT2D eigenvalue weighted by Crippen LogP contribution is 2.20. The summed E-state index contributed by atoms with van der Waals surface area (Å²) in [6.45, 7) is 4.77. The first-order chi connectivity index (χ1) is 9.67. The summed E-state index contributed by atoms with van der Waals surface area (Å²) < 4.78 is 0. The standard InChI is InChI=1S/C15H22N2O2S/c1-3-12(4-2)17-14(18)9-13(15(17)19)16-7-5-11-6-8-20-10-11/h6,8,10,12-13,16H,3-5,7,9H2,1-2H3. The molecule has 1 aliphatic heterocycles. The third-order valence-corrected chi connectivity index (χ3v) is 4.61. The molecule has 2 rings (SSSR count). The van der Waals surface area contributed by atoms with E-state index in [1.807, 2.05) is 13.8 Å². The number of nitrogens with one attached hydrogen (secondary N) is 1. The van der Waals surface area contributed by atoms with Gasteiger partial charge in [-0.3, -0.25) is 14.5 Å². The van der Waals surface area contributed by atoms with Crippen LogP contribution in [-0.2, 0) is 16.0 Å². The van der Waals surface area contributed by atoms with Crippen LogP contribution in [0.15, 0.2) is 16.8 Å². The number of likely N-dealkylation sites (tertiary alicyclic amines) is 1. The number of thiophene rings is 1. The fourth-order valence-electron chi connectivity index (χ4n) is 2.67. The van der Waals surface area contributed by atoms with E-state index in [9.17, 15) is 9.59 Å². The first-order valence-electron chi connectivity index (χ1n) is 7.27. The van der Waals surface area contributed by atoms with Gasteiger partial charge in [-0.1, -0.05) is 13.8 Å². The molecule has 1 unspecified atom stereocenters. The molecule has 0 bridgehead atoms. The van der Waals surface area contributed by atoms with Crippen LogP contribution in [0.25, 0.3) is 0 Å². The van der Waals surface area contributed by atoms with Crippen molar-refractivity contribution < 1.29 is 9.59 Å². The van der Waals surface area contributed by atoms with Crippen LogP contribution < -0.4 is 5.32 Å². The van der Waals surface area contributed by atoms with Gasteiger partial charge in [0.25, 0.3) is 0 Å². The van der Waals surface area contributed by atoms with Crippen LogP contribution in [0.4, 0.5) is 0 Å². The zero-order valence-electron chi connectivity index (χ0n) is 12.1. The van der Waals surface area contributed by atoms with Crippen molar-refractivity contribution in [3.8, 4) is 0 Å². The van der Waals surface area contributed by atoms with E-state index >= 15 is 0 Å². The number of carbonyl (C=O) groups is 2. The third kappa shape index (κ3) is 3.27. The largest absolute Gasteiger partial charge is 0.305 e. The average molecular weight is 294 g/mol. The van der Waals surface area contributed by atoms with E-state index < -0.39 is 0 Å². The Morgan fingerprint density at radius 1 is 1.40 bits per heavy atom. The molecule has 110 valence electrons. The van der Waals surface area contributed by atoms with Gasteiger partial charge in [0.15, 0.2) is 0 Å². The number of carbonyl (C=O) groups excluding carboxylic acids is 2. The molecule has 2 heterocycles. The number of hydrogen-bond donors (Lipinski definition) is 1. The predicted molar refractivity (Wildman–Crippen MR) is 80.7 cm³/mol. The normalized spacial score (nSPS) is 19.4. The minimum atomic E-state index is -0.332. The number of amides is 2. The van der Waals surface area contributed by atoms with Crippen LogP contribution in [0, 0.1) is 0 Å². The van der Waals surface area contributed by atoms with E-state index in [1.54, 1.807) is 11.3 Å². The van der Waals surface area contributed by atoms with E-state index in [2.05, 4.69) is 22.1 Å². The lowest BCUT2D eigenvalue weighted by Gasteiger charge is -2.24. The minimum Gasteiger partial charge on any atom is -0.305 e. The van der Waals surface area contributed by atoms with Gasteiger partial charge < -0.3 is 5.32 Å². The summed E-state index contributed by atoms with van der Waals surface area (Å²) in [5.74, 6) is -0.0780. The second-order valence-electron chi connectivity index (χ2n) is 5.16. The zero-order chi connectivity index (χ0) is 14.5. The van der Waals surface area contributed by atoms with Gasteiger partial charge in [-0.2, -0.15) is 11.3 Å². The number of hydrogen-bond acceptors (Lipinski definition) is 4. The fourth-order valence-corrected chi connectivity index (χ4v) is 3.38. The minimum absolute atomic E-state index is 0.0308. The van der Waals surface area contributed by atoms with Crippen LogP contribution >= 0.6 is 11.3 Å². The lowest BCUT2D eigenvalue weighted by molar-refractivity contribution is -0.141. The predicted octanol–water partition coefficient (Wildman–Crippen LogP) is 2.20. The lowest BCUT2D eigenvalue weighted by atomic mass is 10.1. The third-order valence-electron chi connectivity index (χ3n) is 3.88. The van der Waals surface area contributed by atoms with Crippen molar-refractivity contribution >= 4 is 23.2 Å². The molecule has 0 saturated carbocycles. The molecular weight excluding hydrogens is 272 g/mol. The molecule has 1 aliphatic rings. The zero-order valence-corrected chi connectivity index (χ0v) is 12.9. The maximum atomic E-state index is 12.3. The van der Waals surface area contributed by atoms with Gasteiger partial charge in [-0.05, 0) is 48.2 Å². The van der Waals surface area contributed by atoms with Crippen LogP contribution in [0.5, 0.6) is 0 Å². The van der Waals surface area contributed by atoms with Gasteiger partial charge in [0.2, 0.25) is 11.8 Å². The topological polar surface area (TPSA) is 49.4 Å². The summed E-state index contributed by atoms with van der Waals surface area (Å²) in [6.07, 6.45) is 2.86. The Hall–Kier alpha value is -1.20.